The largest absolute Gasteiger partial charge is 0.272 e. The lowest BCUT2D eigenvalue weighted by atomic mass is 10.2. The highest BCUT2D eigenvalue weighted by atomic mass is 127. The molecule has 0 aliphatic carbocycles. The third kappa shape index (κ3) is 1.63. The molecule has 0 nitrogen and oxygen atoms in total. The maximum Gasteiger partial charge on any atom is 0.272 e. The molecule has 5 heteroatoms. The SMILES string of the molecule is Fc1ccc(I)c2sc(C(F)F)cc12. The van der Waals surface area contributed by atoms with Crippen LogP contribution >= 0.6 is 33.9 Å². The molecular weight excluding hydrogens is 324 g/mol. The highest BCUT2D eigenvalue weighted by Crippen LogP contribution is 2.36. The Morgan fingerprint density at radius 2 is 2.00 bits per heavy atom. The van der Waals surface area contributed by atoms with Crippen LogP contribution in [-0.2, 0) is 0 Å². The van der Waals surface area contributed by atoms with E-state index >= 15 is 0 Å². The number of hydrogen-bond acceptors (Lipinski definition) is 1. The Bertz CT molecular complexity index is 439. The molecule has 14 heavy (non-hydrogen) atoms. The van der Waals surface area contributed by atoms with Gasteiger partial charge in [0.15, 0.2) is 0 Å². The van der Waals surface area contributed by atoms with E-state index in [0.717, 1.165) is 14.9 Å². The molecule has 74 valence electrons. The van der Waals surface area contributed by atoms with E-state index in [2.05, 4.69) is 0 Å². The second kappa shape index (κ2) is 3.69. The number of halogens is 4. The molecule has 1 aromatic carbocycles. The number of thiophene rings is 1. The average Bonchev–Trinajstić information content (AvgIpc) is 2.57. The van der Waals surface area contributed by atoms with Crippen molar-refractivity contribution in [2.75, 3.05) is 0 Å². The molecule has 0 aliphatic heterocycles. The van der Waals surface area contributed by atoms with Gasteiger partial charge < -0.3 is 0 Å². The zero-order chi connectivity index (χ0) is 10.3. The number of rotatable bonds is 1. The lowest BCUT2D eigenvalue weighted by molar-refractivity contribution is 0.156. The average molecular weight is 328 g/mol. The molecule has 0 fully saturated rings. The molecule has 2 aromatic rings. The van der Waals surface area contributed by atoms with Gasteiger partial charge in [-0.2, -0.15) is 0 Å². The standard InChI is InChI=1S/C9H4F3IS/c10-5-1-2-6(13)8-4(5)3-7(14-8)9(11)12/h1-3,9H. The second-order valence-corrected chi connectivity index (χ2v) is 4.97. The van der Waals surface area contributed by atoms with Crippen LogP contribution in [0, 0.1) is 9.39 Å². The molecule has 0 spiro atoms. The molecule has 0 unspecified atom stereocenters. The summed E-state index contributed by atoms with van der Waals surface area (Å²) in [5.41, 5.74) is 0. The summed E-state index contributed by atoms with van der Waals surface area (Å²) in [6.07, 6.45) is -2.53. The van der Waals surface area contributed by atoms with Crippen LogP contribution in [0.1, 0.15) is 11.3 Å². The van der Waals surface area contributed by atoms with Gasteiger partial charge in [-0.25, -0.2) is 13.2 Å². The summed E-state index contributed by atoms with van der Waals surface area (Å²) in [5.74, 6) is -0.441. The van der Waals surface area contributed by atoms with Gasteiger partial charge in [0, 0.05) is 8.96 Å². The summed E-state index contributed by atoms with van der Waals surface area (Å²) < 4.78 is 39.3. The van der Waals surface area contributed by atoms with Crippen LogP contribution in [0.2, 0.25) is 0 Å². The monoisotopic (exact) mass is 328 g/mol. The van der Waals surface area contributed by atoms with Crippen molar-refractivity contribution in [3.8, 4) is 0 Å². The Kier molecular flexibility index (Phi) is 2.70. The van der Waals surface area contributed by atoms with E-state index in [9.17, 15) is 13.2 Å². The summed E-state index contributed by atoms with van der Waals surface area (Å²) >= 11 is 2.96. The van der Waals surface area contributed by atoms with Crippen LogP contribution < -0.4 is 0 Å². The fourth-order valence-electron chi connectivity index (χ4n) is 1.18. The molecule has 0 saturated carbocycles. The zero-order valence-corrected chi connectivity index (χ0v) is 9.70. The summed E-state index contributed by atoms with van der Waals surface area (Å²) in [6.45, 7) is 0. The first-order chi connectivity index (χ1) is 6.59. The van der Waals surface area contributed by atoms with Crippen molar-refractivity contribution in [1.29, 1.82) is 0 Å². The highest BCUT2D eigenvalue weighted by molar-refractivity contribution is 14.1. The first kappa shape index (κ1) is 10.2. The number of benzene rings is 1. The zero-order valence-electron chi connectivity index (χ0n) is 6.73. The Morgan fingerprint density at radius 1 is 1.29 bits per heavy atom. The second-order valence-electron chi connectivity index (χ2n) is 2.72. The van der Waals surface area contributed by atoms with Gasteiger partial charge in [0.05, 0.1) is 9.58 Å². The van der Waals surface area contributed by atoms with E-state index in [0.29, 0.717) is 4.70 Å². The fraction of sp³-hybridized carbons (Fsp3) is 0.111. The Balaban J connectivity index is 2.75. The number of alkyl halides is 2. The Labute approximate surface area is 95.9 Å². The summed E-state index contributed by atoms with van der Waals surface area (Å²) in [6, 6.07) is 4.11. The van der Waals surface area contributed by atoms with E-state index in [1.165, 1.54) is 12.1 Å². The maximum absolute atomic E-state index is 13.2. The lowest BCUT2D eigenvalue weighted by Crippen LogP contribution is -1.76. The van der Waals surface area contributed by atoms with Gasteiger partial charge in [0.2, 0.25) is 0 Å². The van der Waals surface area contributed by atoms with Gasteiger partial charge in [-0.15, -0.1) is 11.3 Å². The molecular formula is C9H4F3IS. The van der Waals surface area contributed by atoms with Crippen molar-refractivity contribution in [2.45, 2.75) is 6.43 Å². The fourth-order valence-corrected chi connectivity index (χ4v) is 2.92. The van der Waals surface area contributed by atoms with Crippen LogP contribution in [-0.4, -0.2) is 0 Å². The van der Waals surface area contributed by atoms with Crippen LogP contribution in [0.4, 0.5) is 13.2 Å². The number of fused-ring (bicyclic) bond motifs is 1. The smallest absolute Gasteiger partial charge is 0.206 e. The molecule has 1 aromatic heterocycles. The predicted octanol–water partition coefficient (Wildman–Crippen LogP) is 4.58. The first-order valence-electron chi connectivity index (χ1n) is 3.75. The van der Waals surface area contributed by atoms with E-state index in [-0.39, 0.29) is 10.3 Å². The van der Waals surface area contributed by atoms with Crippen LogP contribution in [0.5, 0.6) is 0 Å². The van der Waals surface area contributed by atoms with Gasteiger partial charge >= 0.3 is 0 Å². The summed E-state index contributed by atoms with van der Waals surface area (Å²) in [4.78, 5) is -0.0805. The molecule has 0 saturated heterocycles. The van der Waals surface area contributed by atoms with Crippen molar-refractivity contribution in [1.82, 2.24) is 0 Å². The minimum absolute atomic E-state index is 0.0805. The third-order valence-electron chi connectivity index (χ3n) is 1.82. The third-order valence-corrected chi connectivity index (χ3v) is 4.26. The topological polar surface area (TPSA) is 0 Å². The molecule has 0 aliphatic rings. The first-order valence-corrected chi connectivity index (χ1v) is 5.64. The van der Waals surface area contributed by atoms with Crippen LogP contribution in [0.25, 0.3) is 10.1 Å². The van der Waals surface area contributed by atoms with E-state index in [1.54, 1.807) is 6.07 Å². The normalized spacial score (nSPS) is 11.5. The van der Waals surface area contributed by atoms with E-state index in [1.807, 2.05) is 22.6 Å². The van der Waals surface area contributed by atoms with Crippen molar-refractivity contribution >= 4 is 44.0 Å². The summed E-state index contributed by atoms with van der Waals surface area (Å²) in [5, 5.41) is 0.289. The molecule has 2 rings (SSSR count). The highest BCUT2D eigenvalue weighted by Gasteiger charge is 2.14. The molecule has 1 heterocycles. The maximum atomic E-state index is 13.2. The quantitative estimate of drug-likeness (QED) is 0.672. The van der Waals surface area contributed by atoms with Gasteiger partial charge in [0.1, 0.15) is 5.82 Å². The van der Waals surface area contributed by atoms with Crippen molar-refractivity contribution in [2.24, 2.45) is 0 Å². The van der Waals surface area contributed by atoms with Crippen molar-refractivity contribution in [3.05, 3.63) is 32.5 Å². The Morgan fingerprint density at radius 3 is 2.57 bits per heavy atom. The van der Waals surface area contributed by atoms with Gasteiger partial charge in [0.25, 0.3) is 6.43 Å². The lowest BCUT2D eigenvalue weighted by Gasteiger charge is -1.93. The van der Waals surface area contributed by atoms with Crippen LogP contribution in [0.3, 0.4) is 0 Å². The Hall–Kier alpha value is -0.300. The molecule has 0 amide bonds. The summed E-state index contributed by atoms with van der Waals surface area (Å²) in [7, 11) is 0. The minimum Gasteiger partial charge on any atom is -0.206 e. The van der Waals surface area contributed by atoms with Gasteiger partial charge in [-0.3, -0.25) is 0 Å². The van der Waals surface area contributed by atoms with E-state index < -0.39 is 12.2 Å². The van der Waals surface area contributed by atoms with Crippen molar-refractivity contribution < 1.29 is 13.2 Å². The van der Waals surface area contributed by atoms with Gasteiger partial charge in [-0.05, 0) is 40.8 Å². The van der Waals surface area contributed by atoms with Gasteiger partial charge in [-0.1, -0.05) is 0 Å². The van der Waals surface area contributed by atoms with E-state index in [4.69, 9.17) is 0 Å². The van der Waals surface area contributed by atoms with Crippen molar-refractivity contribution in [3.63, 3.8) is 0 Å². The number of hydrogen-bond donors (Lipinski definition) is 0. The van der Waals surface area contributed by atoms with Crippen LogP contribution in [0.15, 0.2) is 18.2 Å². The molecule has 0 bridgehead atoms. The minimum atomic E-state index is -2.53. The predicted molar refractivity (Wildman–Crippen MR) is 59.5 cm³/mol. The molecule has 0 radical (unpaired) electrons. The molecule has 0 N–H and O–H groups in total. The molecule has 0 atom stereocenters.